The number of carbonyl (C=O) groups excluding carboxylic acids is 1. The normalized spacial score (nSPS) is 17.6. The van der Waals surface area contributed by atoms with E-state index in [1.807, 2.05) is 11.8 Å². The van der Waals surface area contributed by atoms with Crippen LogP contribution in [-0.2, 0) is 0 Å². The highest BCUT2D eigenvalue weighted by molar-refractivity contribution is 7.99. The van der Waals surface area contributed by atoms with Crippen molar-refractivity contribution in [2.45, 2.75) is 30.4 Å². The number of hydrogen-bond acceptors (Lipinski definition) is 5. The molecule has 0 spiro atoms. The molecular weight excluding hydrogens is 334 g/mol. The van der Waals surface area contributed by atoms with Gasteiger partial charge in [0.1, 0.15) is 18.5 Å². The number of Topliss-reactive ketones (excluding diaryl/α,β-unsaturated/α-hetero) is 1. The Balaban J connectivity index is 1.47. The van der Waals surface area contributed by atoms with Gasteiger partial charge < -0.3 is 15.2 Å². The minimum atomic E-state index is -0.589. The lowest BCUT2D eigenvalue weighted by Gasteiger charge is -2.27. The monoisotopic (exact) mass is 357 g/mol. The number of nitrogens with one attached hydrogen (secondary N) is 1. The highest BCUT2D eigenvalue weighted by Crippen LogP contribution is 2.35. The Labute approximate surface area is 152 Å². The van der Waals surface area contributed by atoms with Gasteiger partial charge in [0.2, 0.25) is 0 Å². The summed E-state index contributed by atoms with van der Waals surface area (Å²) in [4.78, 5) is 12.6. The summed E-state index contributed by atoms with van der Waals surface area (Å²) < 4.78 is 5.61. The zero-order valence-corrected chi connectivity index (χ0v) is 15.1. The van der Waals surface area contributed by atoms with Crippen LogP contribution in [0.15, 0.2) is 53.4 Å². The number of carbonyl (C=O) groups is 1. The third kappa shape index (κ3) is 4.84. The molecule has 0 saturated heterocycles. The average Bonchev–Trinajstić information content (AvgIpc) is 2.65. The van der Waals surface area contributed by atoms with Crippen LogP contribution in [0.3, 0.4) is 0 Å². The number of rotatable bonds is 7. The van der Waals surface area contributed by atoms with Crippen molar-refractivity contribution in [2.24, 2.45) is 0 Å². The van der Waals surface area contributed by atoms with E-state index in [-0.39, 0.29) is 18.4 Å². The molecule has 2 N–H and O–H groups in total. The molecule has 4 nitrogen and oxygen atoms in total. The summed E-state index contributed by atoms with van der Waals surface area (Å²) in [5, 5.41) is 13.6. The minimum Gasteiger partial charge on any atom is -0.491 e. The maximum Gasteiger partial charge on any atom is 0.159 e. The molecule has 25 heavy (non-hydrogen) atoms. The molecule has 1 aliphatic rings. The molecule has 0 aliphatic carbocycles. The van der Waals surface area contributed by atoms with Crippen LogP contribution in [0.2, 0.25) is 0 Å². The summed E-state index contributed by atoms with van der Waals surface area (Å²) in [5.41, 5.74) is 1.97. The van der Waals surface area contributed by atoms with E-state index in [0.29, 0.717) is 17.9 Å². The van der Waals surface area contributed by atoms with Crippen molar-refractivity contribution in [3.8, 4) is 5.75 Å². The zero-order valence-electron chi connectivity index (χ0n) is 14.3. The lowest BCUT2D eigenvalue weighted by atomic mass is 10.0. The van der Waals surface area contributed by atoms with Crippen molar-refractivity contribution in [2.75, 3.05) is 18.9 Å². The first-order valence-corrected chi connectivity index (χ1v) is 9.49. The molecule has 0 saturated carbocycles. The third-order valence-electron chi connectivity index (χ3n) is 4.26. The van der Waals surface area contributed by atoms with Gasteiger partial charge in [-0.25, -0.2) is 0 Å². The van der Waals surface area contributed by atoms with Gasteiger partial charge in [-0.3, -0.25) is 4.79 Å². The van der Waals surface area contributed by atoms with Gasteiger partial charge in [-0.2, -0.15) is 0 Å². The van der Waals surface area contributed by atoms with Gasteiger partial charge in [0.05, 0.1) is 0 Å². The number of hydrogen-bond donors (Lipinski definition) is 2. The van der Waals surface area contributed by atoms with Crippen LogP contribution in [-0.4, -0.2) is 35.9 Å². The van der Waals surface area contributed by atoms with Gasteiger partial charge in [0.25, 0.3) is 0 Å². The van der Waals surface area contributed by atoms with E-state index in [1.165, 1.54) is 17.4 Å². The van der Waals surface area contributed by atoms with Crippen LogP contribution in [0.5, 0.6) is 5.75 Å². The Hall–Kier alpha value is -1.82. The number of ketones is 1. The van der Waals surface area contributed by atoms with E-state index in [9.17, 15) is 9.90 Å². The fourth-order valence-electron chi connectivity index (χ4n) is 2.87. The van der Waals surface area contributed by atoms with Crippen LogP contribution < -0.4 is 10.1 Å². The molecule has 0 radical (unpaired) electrons. The molecule has 1 heterocycles. The second-order valence-electron chi connectivity index (χ2n) is 6.18. The van der Waals surface area contributed by atoms with E-state index in [4.69, 9.17) is 4.74 Å². The maximum absolute atomic E-state index is 11.3. The van der Waals surface area contributed by atoms with E-state index in [2.05, 4.69) is 29.6 Å². The van der Waals surface area contributed by atoms with Crippen molar-refractivity contribution in [3.05, 3.63) is 59.7 Å². The van der Waals surface area contributed by atoms with Crippen molar-refractivity contribution >= 4 is 17.5 Å². The maximum atomic E-state index is 11.3. The highest BCUT2D eigenvalue weighted by Gasteiger charge is 2.20. The van der Waals surface area contributed by atoms with Crippen molar-refractivity contribution in [3.63, 3.8) is 0 Å². The lowest BCUT2D eigenvalue weighted by molar-refractivity contribution is 0.101. The van der Waals surface area contributed by atoms with Gasteiger partial charge in [0.15, 0.2) is 5.78 Å². The lowest BCUT2D eigenvalue weighted by Crippen LogP contribution is -2.35. The Morgan fingerprint density at radius 2 is 2.04 bits per heavy atom. The number of ether oxygens (including phenoxy) is 1. The highest BCUT2D eigenvalue weighted by atomic mass is 32.2. The molecule has 0 unspecified atom stereocenters. The van der Waals surface area contributed by atoms with Crippen LogP contribution >= 0.6 is 11.8 Å². The topological polar surface area (TPSA) is 58.6 Å². The molecule has 1 aliphatic heterocycles. The van der Waals surface area contributed by atoms with Gasteiger partial charge in [-0.1, -0.05) is 18.2 Å². The fraction of sp³-hybridized carbons (Fsp3) is 0.350. The minimum absolute atomic E-state index is 0.0294. The molecule has 2 atom stereocenters. The summed E-state index contributed by atoms with van der Waals surface area (Å²) in [6.45, 7) is 2.23. The second-order valence-corrected chi connectivity index (χ2v) is 7.32. The van der Waals surface area contributed by atoms with Crippen molar-refractivity contribution in [1.29, 1.82) is 0 Å². The predicted molar refractivity (Wildman–Crippen MR) is 100 cm³/mol. The van der Waals surface area contributed by atoms with Crippen LogP contribution in [0.1, 0.15) is 35.3 Å². The Morgan fingerprint density at radius 1 is 1.28 bits per heavy atom. The smallest absolute Gasteiger partial charge is 0.159 e. The first kappa shape index (κ1) is 18.0. The van der Waals surface area contributed by atoms with E-state index in [1.54, 1.807) is 24.3 Å². The Morgan fingerprint density at radius 3 is 2.80 bits per heavy atom. The first-order valence-electron chi connectivity index (χ1n) is 8.50. The SMILES string of the molecule is CC(=O)c1ccc(OC[C@@H](O)CN[C@@H]2CCSc3ccccc32)cc1. The summed E-state index contributed by atoms with van der Waals surface area (Å²) in [6.07, 6.45) is 0.469. The van der Waals surface area contributed by atoms with E-state index >= 15 is 0 Å². The second kappa shape index (κ2) is 8.52. The summed E-state index contributed by atoms with van der Waals surface area (Å²) >= 11 is 1.89. The summed E-state index contributed by atoms with van der Waals surface area (Å²) in [6, 6.07) is 15.7. The molecule has 5 heteroatoms. The molecule has 2 aromatic carbocycles. The number of fused-ring (bicyclic) bond motifs is 1. The van der Waals surface area contributed by atoms with Gasteiger partial charge in [0, 0.05) is 23.0 Å². The average molecular weight is 357 g/mol. The molecule has 0 fully saturated rings. The van der Waals surface area contributed by atoms with Crippen molar-refractivity contribution < 1.29 is 14.6 Å². The number of thioether (sulfide) groups is 1. The first-order chi connectivity index (χ1) is 12.1. The van der Waals surface area contributed by atoms with Gasteiger partial charge in [-0.05, 0) is 55.0 Å². The fourth-order valence-corrected chi connectivity index (χ4v) is 3.99. The summed E-state index contributed by atoms with van der Waals surface area (Å²) in [5.74, 6) is 1.77. The van der Waals surface area contributed by atoms with Crippen LogP contribution in [0.25, 0.3) is 0 Å². The number of aliphatic hydroxyl groups excluding tert-OH is 1. The number of benzene rings is 2. The van der Waals surface area contributed by atoms with Crippen LogP contribution in [0.4, 0.5) is 0 Å². The molecule has 0 bridgehead atoms. The van der Waals surface area contributed by atoms with Gasteiger partial charge in [-0.15, -0.1) is 11.8 Å². The molecule has 0 aromatic heterocycles. The van der Waals surface area contributed by atoms with E-state index in [0.717, 1.165) is 12.2 Å². The largest absolute Gasteiger partial charge is 0.491 e. The molecule has 132 valence electrons. The summed E-state index contributed by atoms with van der Waals surface area (Å²) in [7, 11) is 0. The van der Waals surface area contributed by atoms with Crippen molar-refractivity contribution in [1.82, 2.24) is 5.32 Å². The molecular formula is C20H23NO3S. The zero-order chi connectivity index (χ0) is 17.6. The Kier molecular flexibility index (Phi) is 6.13. The van der Waals surface area contributed by atoms with Gasteiger partial charge >= 0.3 is 0 Å². The third-order valence-corrected chi connectivity index (χ3v) is 5.38. The predicted octanol–water partition coefficient (Wildman–Crippen LogP) is 3.46. The quantitative estimate of drug-likeness (QED) is 0.743. The molecule has 3 rings (SSSR count). The molecule has 0 amide bonds. The standard InChI is InChI=1S/C20H23NO3S/c1-14(22)15-6-8-17(9-7-15)24-13-16(23)12-21-19-10-11-25-20-5-3-2-4-18(19)20/h2-9,16,19,21,23H,10-13H2,1H3/t16-,19+/m0/s1. The Bertz CT molecular complexity index is 717. The van der Waals surface area contributed by atoms with E-state index < -0.39 is 6.10 Å². The molecule has 2 aromatic rings. The van der Waals surface area contributed by atoms with Crippen LogP contribution in [0, 0.1) is 0 Å². The number of aliphatic hydroxyl groups is 1.